The highest BCUT2D eigenvalue weighted by atomic mass is 16.5. The summed E-state index contributed by atoms with van der Waals surface area (Å²) >= 11 is 0. The molecule has 2 heterocycles. The normalized spacial score (nSPS) is 29.6. The average Bonchev–Trinajstić information content (AvgIpc) is 3.15. The summed E-state index contributed by atoms with van der Waals surface area (Å²) in [6.45, 7) is 0.681. The molecule has 0 spiro atoms. The van der Waals surface area contributed by atoms with Gasteiger partial charge in [-0.2, -0.15) is 0 Å². The van der Waals surface area contributed by atoms with Crippen molar-refractivity contribution in [3.8, 4) is 0 Å². The topological polar surface area (TPSA) is 29.5 Å². The van der Waals surface area contributed by atoms with Crippen molar-refractivity contribution < 1.29 is 9.53 Å². The number of amides is 1. The van der Waals surface area contributed by atoms with Gasteiger partial charge in [0.1, 0.15) is 6.10 Å². The van der Waals surface area contributed by atoms with Crippen LogP contribution in [0.5, 0.6) is 0 Å². The van der Waals surface area contributed by atoms with Gasteiger partial charge in [0, 0.05) is 18.5 Å². The molecule has 126 valence electrons. The monoisotopic (exact) mass is 331 g/mol. The first-order chi connectivity index (χ1) is 12.3. The first-order valence-corrected chi connectivity index (χ1v) is 9.07. The molecule has 1 saturated heterocycles. The molecule has 1 aliphatic carbocycles. The fourth-order valence-corrected chi connectivity index (χ4v) is 4.80. The van der Waals surface area contributed by atoms with Gasteiger partial charge in [0.05, 0.1) is 12.2 Å². The van der Waals surface area contributed by atoms with Gasteiger partial charge in [-0.1, -0.05) is 54.6 Å². The Bertz CT molecular complexity index is 829. The van der Waals surface area contributed by atoms with Gasteiger partial charge in [-0.05, 0) is 35.6 Å². The molecule has 0 unspecified atom stereocenters. The van der Waals surface area contributed by atoms with Crippen molar-refractivity contribution in [3.63, 3.8) is 0 Å². The average molecular weight is 331 g/mol. The van der Waals surface area contributed by atoms with Crippen LogP contribution in [-0.4, -0.2) is 23.0 Å². The Morgan fingerprint density at radius 3 is 2.72 bits per heavy atom. The maximum atomic E-state index is 13.2. The lowest BCUT2D eigenvalue weighted by Crippen LogP contribution is -2.57. The molecule has 2 aromatic rings. The highest BCUT2D eigenvalue weighted by molar-refractivity contribution is 5.83. The molecular weight excluding hydrogens is 310 g/mol. The molecule has 5 rings (SSSR count). The van der Waals surface area contributed by atoms with Crippen LogP contribution in [0, 0.1) is 5.92 Å². The highest BCUT2D eigenvalue weighted by Gasteiger charge is 2.52. The summed E-state index contributed by atoms with van der Waals surface area (Å²) in [7, 11) is 0. The molecule has 0 aromatic heterocycles. The number of fused-ring (bicyclic) bond motifs is 5. The van der Waals surface area contributed by atoms with E-state index in [1.807, 2.05) is 24.3 Å². The summed E-state index contributed by atoms with van der Waals surface area (Å²) in [5.74, 6) is 0.311. The van der Waals surface area contributed by atoms with Crippen molar-refractivity contribution in [2.24, 2.45) is 5.92 Å². The van der Waals surface area contributed by atoms with E-state index in [1.165, 1.54) is 16.7 Å². The number of carbonyl (C=O) groups excluding carboxylic acids is 1. The van der Waals surface area contributed by atoms with Crippen LogP contribution in [0.15, 0.2) is 66.9 Å². The minimum absolute atomic E-state index is 0.0500. The lowest BCUT2D eigenvalue weighted by atomic mass is 9.70. The van der Waals surface area contributed by atoms with Crippen LogP contribution in [0.1, 0.15) is 29.0 Å². The smallest absolute Gasteiger partial charge is 0.233 e. The van der Waals surface area contributed by atoms with Gasteiger partial charge in [0.25, 0.3) is 0 Å². The van der Waals surface area contributed by atoms with Gasteiger partial charge in [-0.3, -0.25) is 4.79 Å². The van der Waals surface area contributed by atoms with Crippen molar-refractivity contribution >= 4 is 5.91 Å². The number of rotatable bonds is 2. The zero-order valence-electron chi connectivity index (χ0n) is 14.0. The number of likely N-dealkylation sites (tertiary alicyclic amines) is 1. The van der Waals surface area contributed by atoms with E-state index in [0.29, 0.717) is 6.54 Å². The van der Waals surface area contributed by atoms with Crippen molar-refractivity contribution in [1.29, 1.82) is 0 Å². The standard InChI is InChI=1S/C22H21NO2/c24-22-18-12-13-25-21(18)20-17-9-5-4-8-16(17)10-11-19(20)23(22)14-15-6-2-1-3-7-15/h1-9,12-13,18-21H,10-11,14H2/t18-,19+,20-,21+/m1/s1. The molecule has 1 fully saturated rings. The molecule has 1 amide bonds. The summed E-state index contributed by atoms with van der Waals surface area (Å²) in [4.78, 5) is 15.3. The minimum Gasteiger partial charge on any atom is -0.496 e. The number of benzene rings is 2. The second-order valence-corrected chi connectivity index (χ2v) is 7.24. The van der Waals surface area contributed by atoms with E-state index in [1.54, 1.807) is 6.26 Å². The SMILES string of the molecule is O=C1[C@@H]2C=CO[C@@H]2[C@@H]2c3ccccc3CC[C@@H]2N1Cc1ccccc1. The fourth-order valence-electron chi connectivity index (χ4n) is 4.80. The van der Waals surface area contributed by atoms with Gasteiger partial charge in [0.15, 0.2) is 0 Å². The lowest BCUT2D eigenvalue weighted by Gasteiger charge is -2.49. The first-order valence-electron chi connectivity index (χ1n) is 9.07. The fraction of sp³-hybridized carbons (Fsp3) is 0.318. The van der Waals surface area contributed by atoms with Crippen LogP contribution in [0.25, 0.3) is 0 Å². The number of ether oxygens (including phenoxy) is 1. The predicted molar refractivity (Wildman–Crippen MR) is 95.8 cm³/mol. The van der Waals surface area contributed by atoms with Crippen molar-refractivity contribution in [1.82, 2.24) is 4.90 Å². The molecule has 3 nitrogen and oxygen atoms in total. The molecule has 4 atom stereocenters. The van der Waals surface area contributed by atoms with Crippen molar-refractivity contribution in [3.05, 3.63) is 83.6 Å². The van der Waals surface area contributed by atoms with Crippen LogP contribution in [0.3, 0.4) is 0 Å². The van der Waals surface area contributed by atoms with E-state index >= 15 is 0 Å². The number of hydrogen-bond donors (Lipinski definition) is 0. The summed E-state index contributed by atoms with van der Waals surface area (Å²) in [5, 5.41) is 0. The minimum atomic E-state index is -0.156. The van der Waals surface area contributed by atoms with Gasteiger partial charge in [-0.25, -0.2) is 0 Å². The van der Waals surface area contributed by atoms with E-state index < -0.39 is 0 Å². The van der Waals surface area contributed by atoms with Crippen LogP contribution in [0.2, 0.25) is 0 Å². The number of hydrogen-bond acceptors (Lipinski definition) is 2. The largest absolute Gasteiger partial charge is 0.496 e. The summed E-state index contributed by atoms with van der Waals surface area (Å²) in [6, 6.07) is 19.2. The second-order valence-electron chi connectivity index (χ2n) is 7.24. The van der Waals surface area contributed by atoms with Crippen LogP contribution < -0.4 is 0 Å². The van der Waals surface area contributed by atoms with Crippen LogP contribution in [-0.2, 0) is 22.5 Å². The molecule has 3 aliphatic rings. The maximum absolute atomic E-state index is 13.2. The third-order valence-corrected chi connectivity index (χ3v) is 5.93. The third-order valence-electron chi connectivity index (χ3n) is 5.93. The Kier molecular flexibility index (Phi) is 3.40. The second kappa shape index (κ2) is 5.76. The molecule has 3 heteroatoms. The quantitative estimate of drug-likeness (QED) is 0.840. The number of carbonyl (C=O) groups is 1. The zero-order chi connectivity index (χ0) is 16.8. The molecule has 0 radical (unpaired) electrons. The van der Waals surface area contributed by atoms with E-state index in [0.717, 1.165) is 12.8 Å². The van der Waals surface area contributed by atoms with Gasteiger partial charge in [0.2, 0.25) is 5.91 Å². The van der Waals surface area contributed by atoms with Crippen LogP contribution in [0.4, 0.5) is 0 Å². The summed E-state index contributed by atoms with van der Waals surface area (Å²) in [5.41, 5.74) is 3.96. The van der Waals surface area contributed by atoms with Crippen molar-refractivity contribution in [2.75, 3.05) is 0 Å². The van der Waals surface area contributed by atoms with Gasteiger partial charge in [-0.15, -0.1) is 0 Å². The lowest BCUT2D eigenvalue weighted by molar-refractivity contribution is -0.148. The molecule has 0 bridgehead atoms. The van der Waals surface area contributed by atoms with E-state index in [4.69, 9.17) is 4.74 Å². The first kappa shape index (κ1) is 14.8. The van der Waals surface area contributed by atoms with E-state index in [9.17, 15) is 4.79 Å². The van der Waals surface area contributed by atoms with E-state index in [2.05, 4.69) is 41.3 Å². The molecule has 0 saturated carbocycles. The summed E-state index contributed by atoms with van der Waals surface area (Å²) < 4.78 is 5.92. The molecule has 0 N–H and O–H groups in total. The zero-order valence-corrected chi connectivity index (χ0v) is 14.0. The van der Waals surface area contributed by atoms with Gasteiger partial charge >= 0.3 is 0 Å². The molecule has 2 aromatic carbocycles. The third kappa shape index (κ3) is 2.30. The Balaban J connectivity index is 1.56. The summed E-state index contributed by atoms with van der Waals surface area (Å²) in [6.07, 6.45) is 5.66. The number of nitrogens with zero attached hydrogens (tertiary/aromatic N) is 1. The number of aryl methyl sites for hydroxylation is 1. The molecule has 25 heavy (non-hydrogen) atoms. The predicted octanol–water partition coefficient (Wildman–Crippen LogP) is 3.66. The Morgan fingerprint density at radius 2 is 1.84 bits per heavy atom. The Hall–Kier alpha value is -2.55. The number of piperidine rings is 1. The van der Waals surface area contributed by atoms with Crippen molar-refractivity contribution in [2.45, 2.75) is 37.5 Å². The Morgan fingerprint density at radius 1 is 1.04 bits per heavy atom. The van der Waals surface area contributed by atoms with E-state index in [-0.39, 0.29) is 29.9 Å². The highest BCUT2D eigenvalue weighted by Crippen LogP contribution is 2.46. The van der Waals surface area contributed by atoms with Crippen LogP contribution >= 0.6 is 0 Å². The molecule has 2 aliphatic heterocycles. The maximum Gasteiger partial charge on any atom is 0.233 e. The molecular formula is C22H21NO2. The Labute approximate surface area is 147 Å². The van der Waals surface area contributed by atoms with Gasteiger partial charge < -0.3 is 9.64 Å².